The van der Waals surface area contributed by atoms with Gasteiger partial charge in [-0.2, -0.15) is 0 Å². The number of piperazine rings is 1. The van der Waals surface area contributed by atoms with Crippen LogP contribution in [-0.2, 0) is 9.53 Å². The maximum Gasteiger partial charge on any atom is 0.251 e. The van der Waals surface area contributed by atoms with E-state index in [2.05, 4.69) is 19.2 Å². The summed E-state index contributed by atoms with van der Waals surface area (Å²) in [7, 11) is 0. The fraction of sp³-hybridized carbons (Fsp3) is 0.933. The van der Waals surface area contributed by atoms with Crippen LogP contribution in [0.15, 0.2) is 0 Å². The summed E-state index contributed by atoms with van der Waals surface area (Å²) in [4.78, 5) is 14.4. The van der Waals surface area contributed by atoms with Crippen LogP contribution >= 0.6 is 12.4 Å². The quantitative estimate of drug-likeness (QED) is 0.866. The summed E-state index contributed by atoms with van der Waals surface area (Å²) in [5.41, 5.74) is 0. The summed E-state index contributed by atoms with van der Waals surface area (Å²) >= 11 is 0. The predicted molar refractivity (Wildman–Crippen MR) is 83.3 cm³/mol. The first-order valence-electron chi connectivity index (χ1n) is 7.85. The van der Waals surface area contributed by atoms with Gasteiger partial charge in [0.05, 0.1) is 6.10 Å². The molecule has 0 aromatic carbocycles. The maximum absolute atomic E-state index is 12.5. The van der Waals surface area contributed by atoms with Crippen LogP contribution < -0.4 is 5.32 Å². The zero-order valence-electron chi connectivity index (χ0n) is 12.8. The molecule has 0 radical (unpaired) electrons. The summed E-state index contributed by atoms with van der Waals surface area (Å²) in [6.07, 6.45) is 5.63. The fourth-order valence-corrected chi connectivity index (χ4v) is 3.15. The lowest BCUT2D eigenvalue weighted by Gasteiger charge is -2.34. The SMILES string of the molecule is CCC(OC1CCCC(C)C1)C(=O)N1CCNCC1.Cl. The number of rotatable bonds is 4. The number of nitrogens with zero attached hydrogens (tertiary/aromatic N) is 1. The van der Waals surface area contributed by atoms with Gasteiger partial charge in [-0.1, -0.05) is 26.7 Å². The van der Waals surface area contributed by atoms with Crippen molar-refractivity contribution in [3.05, 3.63) is 0 Å². The molecule has 5 heteroatoms. The van der Waals surface area contributed by atoms with E-state index in [4.69, 9.17) is 4.74 Å². The molecule has 118 valence electrons. The molecule has 2 rings (SSSR count). The summed E-state index contributed by atoms with van der Waals surface area (Å²) in [5.74, 6) is 0.938. The highest BCUT2D eigenvalue weighted by Crippen LogP contribution is 2.27. The molecule has 0 spiro atoms. The van der Waals surface area contributed by atoms with E-state index in [1.54, 1.807) is 0 Å². The highest BCUT2D eigenvalue weighted by molar-refractivity contribution is 5.85. The second-order valence-corrected chi connectivity index (χ2v) is 6.00. The Morgan fingerprint density at radius 2 is 2.05 bits per heavy atom. The van der Waals surface area contributed by atoms with Crippen LogP contribution in [-0.4, -0.2) is 49.2 Å². The number of ether oxygens (including phenoxy) is 1. The van der Waals surface area contributed by atoms with Gasteiger partial charge in [-0.25, -0.2) is 0 Å². The smallest absolute Gasteiger partial charge is 0.251 e. The molecular formula is C15H29ClN2O2. The molecule has 1 amide bonds. The van der Waals surface area contributed by atoms with Gasteiger partial charge < -0.3 is 15.0 Å². The van der Waals surface area contributed by atoms with Gasteiger partial charge in [-0.05, 0) is 25.2 Å². The van der Waals surface area contributed by atoms with E-state index in [9.17, 15) is 4.79 Å². The fourth-order valence-electron chi connectivity index (χ4n) is 3.15. The highest BCUT2D eigenvalue weighted by atomic mass is 35.5. The molecule has 0 bridgehead atoms. The molecule has 3 unspecified atom stereocenters. The Morgan fingerprint density at radius 1 is 1.35 bits per heavy atom. The normalized spacial score (nSPS) is 28.6. The summed E-state index contributed by atoms with van der Waals surface area (Å²) < 4.78 is 6.11. The van der Waals surface area contributed by atoms with Crippen molar-refractivity contribution in [3.8, 4) is 0 Å². The predicted octanol–water partition coefficient (Wildman–Crippen LogP) is 2.21. The molecule has 0 aromatic heterocycles. The van der Waals surface area contributed by atoms with Crippen molar-refractivity contribution in [2.75, 3.05) is 26.2 Å². The van der Waals surface area contributed by atoms with E-state index in [1.807, 2.05) is 4.90 Å². The summed E-state index contributed by atoms with van der Waals surface area (Å²) in [6.45, 7) is 7.79. The molecule has 1 aliphatic heterocycles. The third-order valence-electron chi connectivity index (χ3n) is 4.32. The topological polar surface area (TPSA) is 41.6 Å². The lowest BCUT2D eigenvalue weighted by molar-refractivity contribution is -0.150. The van der Waals surface area contributed by atoms with Crippen LogP contribution in [0.1, 0.15) is 46.0 Å². The van der Waals surface area contributed by atoms with E-state index >= 15 is 0 Å². The monoisotopic (exact) mass is 304 g/mol. The number of carbonyl (C=O) groups excluding carboxylic acids is 1. The molecule has 1 N–H and O–H groups in total. The van der Waals surface area contributed by atoms with Crippen LogP contribution in [0.4, 0.5) is 0 Å². The van der Waals surface area contributed by atoms with Gasteiger partial charge >= 0.3 is 0 Å². The average Bonchev–Trinajstić information content (AvgIpc) is 2.45. The van der Waals surface area contributed by atoms with Crippen LogP contribution in [0, 0.1) is 5.92 Å². The van der Waals surface area contributed by atoms with Crippen molar-refractivity contribution in [1.82, 2.24) is 10.2 Å². The first-order valence-corrected chi connectivity index (χ1v) is 7.85. The molecule has 1 aliphatic carbocycles. The Kier molecular flexibility index (Phi) is 7.85. The molecule has 2 fully saturated rings. The Morgan fingerprint density at radius 3 is 2.65 bits per heavy atom. The first-order chi connectivity index (χ1) is 9.20. The second-order valence-electron chi connectivity index (χ2n) is 6.00. The highest BCUT2D eigenvalue weighted by Gasteiger charge is 2.29. The molecule has 2 aliphatic rings. The lowest BCUT2D eigenvalue weighted by Crippen LogP contribution is -2.50. The Bertz CT molecular complexity index is 296. The van der Waals surface area contributed by atoms with E-state index in [1.165, 1.54) is 12.8 Å². The van der Waals surface area contributed by atoms with Crippen LogP contribution in [0.5, 0.6) is 0 Å². The zero-order valence-corrected chi connectivity index (χ0v) is 13.6. The van der Waals surface area contributed by atoms with Gasteiger partial charge in [0.1, 0.15) is 6.10 Å². The third kappa shape index (κ3) is 4.90. The van der Waals surface area contributed by atoms with Crippen molar-refractivity contribution >= 4 is 18.3 Å². The minimum absolute atomic E-state index is 0. The molecule has 20 heavy (non-hydrogen) atoms. The van der Waals surface area contributed by atoms with Gasteiger partial charge in [0.25, 0.3) is 5.91 Å². The first kappa shape index (κ1) is 17.7. The van der Waals surface area contributed by atoms with Crippen LogP contribution in [0.2, 0.25) is 0 Å². The number of hydrogen-bond donors (Lipinski definition) is 1. The van der Waals surface area contributed by atoms with Gasteiger partial charge in [0.2, 0.25) is 0 Å². The number of nitrogens with one attached hydrogen (secondary N) is 1. The Balaban J connectivity index is 0.00000200. The Labute approximate surface area is 129 Å². The second kappa shape index (κ2) is 8.85. The minimum Gasteiger partial charge on any atom is -0.365 e. The van der Waals surface area contributed by atoms with E-state index in [-0.39, 0.29) is 24.4 Å². The van der Waals surface area contributed by atoms with Gasteiger partial charge in [-0.15, -0.1) is 12.4 Å². The third-order valence-corrected chi connectivity index (χ3v) is 4.32. The van der Waals surface area contributed by atoms with Crippen LogP contribution in [0.3, 0.4) is 0 Å². The summed E-state index contributed by atoms with van der Waals surface area (Å²) in [5, 5.41) is 3.28. The molecular weight excluding hydrogens is 276 g/mol. The van der Waals surface area contributed by atoms with Crippen molar-refractivity contribution < 1.29 is 9.53 Å². The van der Waals surface area contributed by atoms with E-state index in [0.717, 1.165) is 51.4 Å². The maximum atomic E-state index is 12.5. The van der Waals surface area contributed by atoms with Gasteiger partial charge in [0, 0.05) is 26.2 Å². The average molecular weight is 305 g/mol. The lowest BCUT2D eigenvalue weighted by atomic mass is 9.88. The van der Waals surface area contributed by atoms with E-state index < -0.39 is 0 Å². The van der Waals surface area contributed by atoms with Gasteiger partial charge in [0.15, 0.2) is 0 Å². The number of amides is 1. The van der Waals surface area contributed by atoms with E-state index in [0.29, 0.717) is 6.10 Å². The van der Waals surface area contributed by atoms with Crippen molar-refractivity contribution in [2.24, 2.45) is 5.92 Å². The van der Waals surface area contributed by atoms with Crippen molar-refractivity contribution in [1.29, 1.82) is 0 Å². The minimum atomic E-state index is -0.228. The van der Waals surface area contributed by atoms with Crippen LogP contribution in [0.25, 0.3) is 0 Å². The number of halogens is 1. The number of carbonyl (C=O) groups is 1. The number of hydrogen-bond acceptors (Lipinski definition) is 3. The zero-order chi connectivity index (χ0) is 13.7. The molecule has 4 nitrogen and oxygen atoms in total. The molecule has 1 saturated carbocycles. The standard InChI is InChI=1S/C15H28N2O2.ClH/c1-3-14(15(18)17-9-7-16-8-10-17)19-13-6-4-5-12(2)11-13;/h12-14,16H,3-11H2,1-2H3;1H. The molecule has 0 aromatic rings. The van der Waals surface area contributed by atoms with Gasteiger partial charge in [-0.3, -0.25) is 4.79 Å². The molecule has 1 heterocycles. The Hall–Kier alpha value is -0.320. The summed E-state index contributed by atoms with van der Waals surface area (Å²) in [6, 6.07) is 0. The molecule has 3 atom stereocenters. The van der Waals surface area contributed by atoms with Crippen molar-refractivity contribution in [3.63, 3.8) is 0 Å². The molecule has 1 saturated heterocycles. The van der Waals surface area contributed by atoms with Crippen molar-refractivity contribution in [2.45, 2.75) is 58.2 Å². The largest absolute Gasteiger partial charge is 0.365 e.